The number of likely N-dealkylation sites (N-methyl/N-ethyl adjacent to an activating group) is 1. The van der Waals surface area contributed by atoms with Gasteiger partial charge in [0.15, 0.2) is 0 Å². The number of rotatable bonds is 3. The lowest BCUT2D eigenvalue weighted by atomic mass is 9.96. The van der Waals surface area contributed by atoms with E-state index in [1.165, 1.54) is 0 Å². The van der Waals surface area contributed by atoms with Crippen molar-refractivity contribution in [2.45, 2.75) is 50.8 Å². The lowest BCUT2D eigenvalue weighted by Crippen LogP contribution is -2.57. The number of hydrogen-bond donors (Lipinski definition) is 1. The number of carbonyl (C=O) groups is 1. The largest absolute Gasteiger partial charge is 0.377 e. The predicted octanol–water partition coefficient (Wildman–Crippen LogP) is 0.435. The monoisotopic (exact) mass is 269 g/mol. The third-order valence-electron chi connectivity index (χ3n) is 4.52. The van der Waals surface area contributed by atoms with Crippen molar-refractivity contribution < 1.29 is 9.53 Å². The Morgan fingerprint density at radius 2 is 2.21 bits per heavy atom. The molecule has 2 fully saturated rings. The molecule has 2 N–H and O–H groups in total. The van der Waals surface area contributed by atoms with E-state index in [9.17, 15) is 4.79 Å². The molecular weight excluding hydrogens is 242 g/mol. The molecule has 1 amide bonds. The van der Waals surface area contributed by atoms with Gasteiger partial charge in [-0.25, -0.2) is 0 Å². The Morgan fingerprint density at radius 3 is 2.79 bits per heavy atom. The molecule has 5 heteroatoms. The molecule has 0 aliphatic carbocycles. The van der Waals surface area contributed by atoms with Crippen molar-refractivity contribution in [2.24, 2.45) is 5.73 Å². The van der Waals surface area contributed by atoms with Gasteiger partial charge in [-0.3, -0.25) is 9.69 Å². The summed E-state index contributed by atoms with van der Waals surface area (Å²) in [5.41, 5.74) is 5.86. The van der Waals surface area contributed by atoms with Gasteiger partial charge in [0.05, 0.1) is 6.10 Å². The third kappa shape index (κ3) is 3.09. The average Bonchev–Trinajstić information content (AvgIpc) is 2.85. The molecule has 0 saturated carbocycles. The van der Waals surface area contributed by atoms with E-state index in [1.807, 2.05) is 11.9 Å². The molecule has 0 bridgehead atoms. The van der Waals surface area contributed by atoms with E-state index in [-0.39, 0.29) is 23.6 Å². The molecule has 2 atom stereocenters. The number of amides is 1. The van der Waals surface area contributed by atoms with E-state index in [0.717, 1.165) is 39.0 Å². The van der Waals surface area contributed by atoms with Crippen molar-refractivity contribution in [1.29, 1.82) is 0 Å². The number of carbonyl (C=O) groups excluding carboxylic acids is 1. The molecule has 2 heterocycles. The molecular formula is C14H27N3O2. The van der Waals surface area contributed by atoms with Crippen molar-refractivity contribution in [1.82, 2.24) is 9.80 Å². The fraction of sp³-hybridized carbons (Fsp3) is 0.929. The number of ether oxygens (including phenoxy) is 1. The van der Waals surface area contributed by atoms with Crippen LogP contribution in [0.3, 0.4) is 0 Å². The smallest absolute Gasteiger partial charge is 0.241 e. The highest BCUT2D eigenvalue weighted by Gasteiger charge is 2.41. The highest BCUT2D eigenvalue weighted by Crippen LogP contribution is 2.28. The minimum Gasteiger partial charge on any atom is -0.377 e. The summed E-state index contributed by atoms with van der Waals surface area (Å²) in [7, 11) is 1.87. The van der Waals surface area contributed by atoms with E-state index in [4.69, 9.17) is 10.5 Å². The van der Waals surface area contributed by atoms with E-state index < -0.39 is 0 Å². The highest BCUT2D eigenvalue weighted by molar-refractivity contribution is 5.82. The maximum Gasteiger partial charge on any atom is 0.241 e. The van der Waals surface area contributed by atoms with E-state index in [0.29, 0.717) is 6.54 Å². The first-order chi connectivity index (χ1) is 8.95. The quantitative estimate of drug-likeness (QED) is 0.807. The Labute approximate surface area is 116 Å². The SMILES string of the molecule is CN1CCC(C)(C)N(CC2CCCO2)C(CN)C1=O. The van der Waals surface area contributed by atoms with Crippen LogP contribution in [0.4, 0.5) is 0 Å². The van der Waals surface area contributed by atoms with Crippen LogP contribution in [0.25, 0.3) is 0 Å². The summed E-state index contributed by atoms with van der Waals surface area (Å²) in [5, 5.41) is 0. The maximum absolute atomic E-state index is 12.4. The molecule has 0 aromatic heterocycles. The van der Waals surface area contributed by atoms with Gasteiger partial charge in [-0.05, 0) is 33.1 Å². The van der Waals surface area contributed by atoms with Crippen LogP contribution in [-0.2, 0) is 9.53 Å². The molecule has 0 aromatic rings. The second-order valence-corrected chi connectivity index (χ2v) is 6.36. The topological polar surface area (TPSA) is 58.8 Å². The van der Waals surface area contributed by atoms with Gasteiger partial charge in [0, 0.05) is 38.8 Å². The molecule has 2 unspecified atom stereocenters. The van der Waals surface area contributed by atoms with Gasteiger partial charge in [0.25, 0.3) is 0 Å². The van der Waals surface area contributed by atoms with Crippen LogP contribution in [0, 0.1) is 0 Å². The average molecular weight is 269 g/mol. The summed E-state index contributed by atoms with van der Waals surface area (Å²) in [5.74, 6) is 0.145. The Bertz CT molecular complexity index is 327. The Hall–Kier alpha value is -0.650. The zero-order valence-electron chi connectivity index (χ0n) is 12.4. The lowest BCUT2D eigenvalue weighted by molar-refractivity contribution is -0.135. The summed E-state index contributed by atoms with van der Waals surface area (Å²) >= 11 is 0. The van der Waals surface area contributed by atoms with E-state index in [1.54, 1.807) is 0 Å². The molecule has 0 aromatic carbocycles. The van der Waals surface area contributed by atoms with Gasteiger partial charge in [-0.1, -0.05) is 0 Å². The summed E-state index contributed by atoms with van der Waals surface area (Å²) < 4.78 is 5.74. The number of nitrogens with zero attached hydrogens (tertiary/aromatic N) is 2. The van der Waals surface area contributed by atoms with Crippen LogP contribution in [0.1, 0.15) is 33.1 Å². The minimum absolute atomic E-state index is 0.0175. The fourth-order valence-corrected chi connectivity index (χ4v) is 3.11. The van der Waals surface area contributed by atoms with Crippen LogP contribution in [0.15, 0.2) is 0 Å². The lowest BCUT2D eigenvalue weighted by Gasteiger charge is -2.41. The van der Waals surface area contributed by atoms with Gasteiger partial charge in [0.1, 0.15) is 6.04 Å². The Kier molecular flexibility index (Phi) is 4.48. The summed E-state index contributed by atoms with van der Waals surface area (Å²) in [6.07, 6.45) is 3.44. The van der Waals surface area contributed by atoms with Gasteiger partial charge in [-0.2, -0.15) is 0 Å². The van der Waals surface area contributed by atoms with Crippen molar-refractivity contribution >= 4 is 5.91 Å². The Morgan fingerprint density at radius 1 is 1.47 bits per heavy atom. The van der Waals surface area contributed by atoms with E-state index >= 15 is 0 Å². The molecule has 5 nitrogen and oxygen atoms in total. The molecule has 19 heavy (non-hydrogen) atoms. The second-order valence-electron chi connectivity index (χ2n) is 6.36. The number of hydrogen-bond acceptors (Lipinski definition) is 4. The first kappa shape index (κ1) is 14.8. The van der Waals surface area contributed by atoms with Crippen molar-refractivity contribution in [3.63, 3.8) is 0 Å². The van der Waals surface area contributed by atoms with Gasteiger partial charge in [-0.15, -0.1) is 0 Å². The van der Waals surface area contributed by atoms with E-state index in [2.05, 4.69) is 18.7 Å². The van der Waals surface area contributed by atoms with Crippen molar-refractivity contribution in [3.8, 4) is 0 Å². The van der Waals surface area contributed by atoms with Crippen LogP contribution < -0.4 is 5.73 Å². The Balaban J connectivity index is 2.18. The van der Waals surface area contributed by atoms with Crippen molar-refractivity contribution in [2.75, 3.05) is 33.3 Å². The van der Waals surface area contributed by atoms with Gasteiger partial charge in [0.2, 0.25) is 5.91 Å². The van der Waals surface area contributed by atoms with Crippen LogP contribution >= 0.6 is 0 Å². The molecule has 0 spiro atoms. The third-order valence-corrected chi connectivity index (χ3v) is 4.52. The van der Waals surface area contributed by atoms with Gasteiger partial charge >= 0.3 is 0 Å². The molecule has 2 saturated heterocycles. The fourth-order valence-electron chi connectivity index (χ4n) is 3.11. The summed E-state index contributed by atoms with van der Waals surface area (Å²) in [6, 6.07) is -0.216. The molecule has 2 aliphatic rings. The first-order valence-corrected chi connectivity index (χ1v) is 7.29. The predicted molar refractivity (Wildman–Crippen MR) is 74.9 cm³/mol. The normalized spacial score (nSPS) is 32.6. The van der Waals surface area contributed by atoms with Gasteiger partial charge < -0.3 is 15.4 Å². The zero-order valence-corrected chi connectivity index (χ0v) is 12.4. The summed E-state index contributed by atoms with van der Waals surface area (Å²) in [6.45, 7) is 7.24. The van der Waals surface area contributed by atoms with Crippen molar-refractivity contribution in [3.05, 3.63) is 0 Å². The summed E-state index contributed by atoms with van der Waals surface area (Å²) in [4.78, 5) is 16.5. The maximum atomic E-state index is 12.4. The van der Waals surface area contributed by atoms with Crippen LogP contribution in [0.2, 0.25) is 0 Å². The molecule has 110 valence electrons. The first-order valence-electron chi connectivity index (χ1n) is 7.29. The van der Waals surface area contributed by atoms with Crippen LogP contribution in [-0.4, -0.2) is 66.7 Å². The molecule has 2 rings (SSSR count). The highest BCUT2D eigenvalue weighted by atomic mass is 16.5. The molecule has 0 radical (unpaired) electrons. The van der Waals surface area contributed by atoms with Crippen LogP contribution in [0.5, 0.6) is 0 Å². The minimum atomic E-state index is -0.216. The standard InChI is InChI=1S/C14H27N3O2/c1-14(2)6-7-16(3)13(18)12(9-15)17(14)10-11-5-4-8-19-11/h11-12H,4-10,15H2,1-3H3. The second kappa shape index (κ2) is 5.77. The zero-order chi connectivity index (χ0) is 14.0. The molecule has 2 aliphatic heterocycles. The number of nitrogens with two attached hydrogens (primary N) is 1.